The highest BCUT2D eigenvalue weighted by Crippen LogP contribution is 2.46. The van der Waals surface area contributed by atoms with E-state index in [1.165, 1.54) is 21.9 Å². The molecule has 4 aromatic heterocycles. The minimum atomic E-state index is 0.531. The molecule has 0 saturated heterocycles. The van der Waals surface area contributed by atoms with Crippen molar-refractivity contribution in [3.63, 3.8) is 0 Å². The molecule has 10 aromatic carbocycles. The number of rotatable bonds is 7. The van der Waals surface area contributed by atoms with Gasteiger partial charge in [0.05, 0.1) is 27.7 Å². The molecule has 6 heteroatoms. The minimum Gasteiger partial charge on any atom is -0.455 e. The number of benzene rings is 10. The van der Waals surface area contributed by atoms with E-state index in [-0.39, 0.29) is 0 Å². The number of fused-ring (bicyclic) bond motifs is 9. The smallest absolute Gasteiger partial charge is 0.167 e. The van der Waals surface area contributed by atoms with E-state index in [4.69, 9.17) is 23.8 Å². The standard InChI is InChI=1S/C63H38N4O2/c1-4-16-39(17-5-1)41-30-32-43(33-31-41)62-64-61(42-20-8-3-9-21-42)65-63(66-62)51-27-15-26-47-46-24-14-25-48(58(46)69-59(47)51)49-35-37-55(57-50-23-11-13-29-56(50)68-60(49)57)67-53-28-12-10-22-45(53)52-38-44(34-36-54(52)67)40-18-6-2-7-19-40/h1-38H. The van der Waals surface area contributed by atoms with Gasteiger partial charge in [-0.1, -0.05) is 188 Å². The molecule has 4 heterocycles. The zero-order valence-electron chi connectivity index (χ0n) is 37.0. The highest BCUT2D eigenvalue weighted by Gasteiger charge is 2.24. The lowest BCUT2D eigenvalue weighted by Crippen LogP contribution is -2.00. The molecular formula is C63H38N4O2. The molecule has 322 valence electrons. The lowest BCUT2D eigenvalue weighted by molar-refractivity contribution is 0.665. The van der Waals surface area contributed by atoms with Crippen LogP contribution in [0.3, 0.4) is 0 Å². The average molecular weight is 883 g/mol. The molecule has 0 aliphatic heterocycles. The van der Waals surface area contributed by atoms with E-state index in [2.05, 4.69) is 187 Å². The predicted molar refractivity (Wildman–Crippen MR) is 281 cm³/mol. The Morgan fingerprint density at radius 3 is 1.51 bits per heavy atom. The second-order valence-electron chi connectivity index (χ2n) is 17.5. The van der Waals surface area contributed by atoms with Gasteiger partial charge in [-0.15, -0.1) is 0 Å². The molecule has 14 aromatic rings. The van der Waals surface area contributed by atoms with Gasteiger partial charge in [-0.2, -0.15) is 0 Å². The van der Waals surface area contributed by atoms with Crippen LogP contribution >= 0.6 is 0 Å². The molecule has 0 bridgehead atoms. The fraction of sp³-hybridized carbons (Fsp3) is 0. The van der Waals surface area contributed by atoms with Crippen LogP contribution < -0.4 is 0 Å². The van der Waals surface area contributed by atoms with Gasteiger partial charge in [0.2, 0.25) is 0 Å². The maximum absolute atomic E-state index is 7.12. The van der Waals surface area contributed by atoms with Gasteiger partial charge in [-0.25, -0.2) is 15.0 Å². The van der Waals surface area contributed by atoms with E-state index < -0.39 is 0 Å². The highest BCUT2D eigenvalue weighted by atomic mass is 16.3. The molecule has 0 aliphatic rings. The van der Waals surface area contributed by atoms with Gasteiger partial charge in [0, 0.05) is 49.2 Å². The fourth-order valence-electron chi connectivity index (χ4n) is 10.2. The van der Waals surface area contributed by atoms with Crippen LogP contribution in [-0.4, -0.2) is 19.5 Å². The second-order valence-corrected chi connectivity index (χ2v) is 17.5. The van der Waals surface area contributed by atoms with Crippen LogP contribution in [0.25, 0.3) is 139 Å². The lowest BCUT2D eigenvalue weighted by atomic mass is 9.98. The summed E-state index contributed by atoms with van der Waals surface area (Å²) in [5, 5.41) is 6.43. The minimum absolute atomic E-state index is 0.531. The summed E-state index contributed by atoms with van der Waals surface area (Å²) < 4.78 is 16.5. The zero-order chi connectivity index (χ0) is 45.4. The van der Waals surface area contributed by atoms with Gasteiger partial charge in [0.1, 0.15) is 22.3 Å². The van der Waals surface area contributed by atoms with Crippen molar-refractivity contribution in [2.24, 2.45) is 0 Å². The second kappa shape index (κ2) is 15.6. The Morgan fingerprint density at radius 1 is 0.290 bits per heavy atom. The first-order valence-electron chi connectivity index (χ1n) is 23.2. The Balaban J connectivity index is 0.950. The van der Waals surface area contributed by atoms with Crippen molar-refractivity contribution < 1.29 is 8.83 Å². The summed E-state index contributed by atoms with van der Waals surface area (Å²) >= 11 is 0. The van der Waals surface area contributed by atoms with Crippen LogP contribution in [0.15, 0.2) is 239 Å². The molecule has 6 nitrogen and oxygen atoms in total. The molecule has 0 unspecified atom stereocenters. The summed E-state index contributed by atoms with van der Waals surface area (Å²) in [5.74, 6) is 1.70. The van der Waals surface area contributed by atoms with Gasteiger partial charge in [-0.05, 0) is 64.7 Å². The molecule has 0 saturated carbocycles. The highest BCUT2D eigenvalue weighted by molar-refractivity contribution is 6.20. The summed E-state index contributed by atoms with van der Waals surface area (Å²) in [6, 6.07) is 80.3. The molecule has 0 fully saturated rings. The molecule has 0 aliphatic carbocycles. The number of hydrogen-bond acceptors (Lipinski definition) is 5. The Bertz CT molecular complexity index is 4290. The third kappa shape index (κ3) is 6.30. The number of hydrogen-bond donors (Lipinski definition) is 0. The fourth-order valence-corrected chi connectivity index (χ4v) is 10.2. The average Bonchev–Trinajstić information content (AvgIpc) is 4.12. The van der Waals surface area contributed by atoms with Gasteiger partial charge in [0.25, 0.3) is 0 Å². The monoisotopic (exact) mass is 882 g/mol. The van der Waals surface area contributed by atoms with Crippen molar-refractivity contribution in [3.8, 4) is 73.2 Å². The third-order valence-corrected chi connectivity index (χ3v) is 13.5. The molecule has 14 rings (SSSR count). The van der Waals surface area contributed by atoms with Crippen molar-refractivity contribution in [2.45, 2.75) is 0 Å². The summed E-state index contributed by atoms with van der Waals surface area (Å²) in [6.45, 7) is 0. The molecule has 0 atom stereocenters. The lowest BCUT2D eigenvalue weighted by Gasteiger charge is -2.12. The zero-order valence-corrected chi connectivity index (χ0v) is 37.0. The Morgan fingerprint density at radius 2 is 0.783 bits per heavy atom. The SMILES string of the molecule is c1ccc(-c2ccc(-c3nc(-c4ccccc4)nc(-c4cccc5c4oc4c(-c6ccc(-n7c8ccccc8c8cc(-c9ccccc9)ccc87)c7c6oc6ccccc67)cccc45)n3)cc2)cc1. The van der Waals surface area contributed by atoms with Crippen LogP contribution in [-0.2, 0) is 0 Å². The van der Waals surface area contributed by atoms with Gasteiger partial charge in [-0.3, -0.25) is 0 Å². The van der Waals surface area contributed by atoms with Crippen LogP contribution in [0.2, 0.25) is 0 Å². The largest absolute Gasteiger partial charge is 0.455 e. The molecule has 0 radical (unpaired) electrons. The van der Waals surface area contributed by atoms with Crippen molar-refractivity contribution in [1.29, 1.82) is 0 Å². The van der Waals surface area contributed by atoms with E-state index in [1.54, 1.807) is 0 Å². The topological polar surface area (TPSA) is 69.9 Å². The van der Waals surface area contributed by atoms with Crippen LogP contribution in [0.4, 0.5) is 0 Å². The molecule has 0 amide bonds. The first-order chi connectivity index (χ1) is 34.2. The maximum atomic E-state index is 7.12. The van der Waals surface area contributed by atoms with Gasteiger partial charge in [0.15, 0.2) is 17.5 Å². The number of nitrogens with zero attached hydrogens (tertiary/aromatic N) is 4. The quantitative estimate of drug-likeness (QED) is 0.159. The Kier molecular flexibility index (Phi) is 8.79. The number of para-hydroxylation sites is 4. The summed E-state index contributed by atoms with van der Waals surface area (Å²) in [6.07, 6.45) is 0. The Labute approximate surface area is 396 Å². The van der Waals surface area contributed by atoms with Crippen molar-refractivity contribution >= 4 is 65.7 Å². The maximum Gasteiger partial charge on any atom is 0.167 e. The predicted octanol–water partition coefficient (Wildman–Crippen LogP) is 16.8. The normalized spacial score (nSPS) is 11.8. The van der Waals surface area contributed by atoms with Crippen LogP contribution in [0, 0.1) is 0 Å². The summed E-state index contributed by atoms with van der Waals surface area (Å²) in [4.78, 5) is 15.3. The van der Waals surface area contributed by atoms with E-state index in [9.17, 15) is 0 Å². The molecular weight excluding hydrogens is 845 g/mol. The first kappa shape index (κ1) is 38.8. The first-order valence-corrected chi connectivity index (χ1v) is 23.2. The van der Waals surface area contributed by atoms with E-state index in [0.29, 0.717) is 23.1 Å². The van der Waals surface area contributed by atoms with Crippen LogP contribution in [0.1, 0.15) is 0 Å². The molecule has 0 N–H and O–H groups in total. The molecule has 69 heavy (non-hydrogen) atoms. The van der Waals surface area contributed by atoms with Gasteiger partial charge >= 0.3 is 0 Å². The third-order valence-electron chi connectivity index (χ3n) is 13.5. The number of aromatic nitrogens is 4. The van der Waals surface area contributed by atoms with Crippen LogP contribution in [0.5, 0.6) is 0 Å². The van der Waals surface area contributed by atoms with Gasteiger partial charge < -0.3 is 13.4 Å². The van der Waals surface area contributed by atoms with Crippen molar-refractivity contribution in [2.75, 3.05) is 0 Å². The molecule has 0 spiro atoms. The number of furan rings is 2. The summed E-state index contributed by atoms with van der Waals surface area (Å²) in [5.41, 5.74) is 15.5. The van der Waals surface area contributed by atoms with E-state index >= 15 is 0 Å². The van der Waals surface area contributed by atoms with E-state index in [0.717, 1.165) is 94.0 Å². The summed E-state index contributed by atoms with van der Waals surface area (Å²) in [7, 11) is 0. The van der Waals surface area contributed by atoms with Crippen molar-refractivity contribution in [1.82, 2.24) is 19.5 Å². The Hall–Kier alpha value is -9.39. The van der Waals surface area contributed by atoms with E-state index in [1.807, 2.05) is 48.5 Å². The van der Waals surface area contributed by atoms with Crippen molar-refractivity contribution in [3.05, 3.63) is 231 Å².